The van der Waals surface area contributed by atoms with Crippen LogP contribution in [0, 0.1) is 5.41 Å². The lowest BCUT2D eigenvalue weighted by Crippen LogP contribution is -2.54. The number of carbonyl (C=O) groups is 2. The second kappa shape index (κ2) is 8.39. The third kappa shape index (κ3) is 4.19. The Balaban J connectivity index is 1.94. The number of benzene rings is 1. The highest BCUT2D eigenvalue weighted by molar-refractivity contribution is 6.30. The highest BCUT2D eigenvalue weighted by Crippen LogP contribution is 2.32. The van der Waals surface area contributed by atoms with Crippen molar-refractivity contribution in [2.75, 3.05) is 13.1 Å². The lowest BCUT2D eigenvalue weighted by atomic mass is 9.84. The van der Waals surface area contributed by atoms with Crippen molar-refractivity contribution in [1.82, 2.24) is 15.1 Å². The van der Waals surface area contributed by atoms with E-state index >= 15 is 0 Å². The zero-order chi connectivity index (χ0) is 20.5. The molecule has 2 atom stereocenters. The van der Waals surface area contributed by atoms with Gasteiger partial charge in [0.05, 0.1) is 12.6 Å². The first-order valence-corrected chi connectivity index (χ1v) is 10.4. The molecule has 3 amide bonds. The van der Waals surface area contributed by atoms with Crippen LogP contribution in [0.5, 0.6) is 0 Å². The molecule has 0 aliphatic carbocycles. The van der Waals surface area contributed by atoms with Gasteiger partial charge < -0.3 is 16.0 Å². The Morgan fingerprint density at radius 3 is 2.68 bits per heavy atom. The van der Waals surface area contributed by atoms with Crippen LogP contribution in [0.2, 0.25) is 5.02 Å². The summed E-state index contributed by atoms with van der Waals surface area (Å²) in [7, 11) is 0. The normalized spacial score (nSPS) is 23.8. The number of likely N-dealkylation sites (tertiary alicyclic amines) is 1. The van der Waals surface area contributed by atoms with E-state index in [-0.39, 0.29) is 36.0 Å². The van der Waals surface area contributed by atoms with Gasteiger partial charge in [0, 0.05) is 24.2 Å². The number of urea groups is 1. The Kier molecular flexibility index (Phi) is 6.32. The maximum Gasteiger partial charge on any atom is 0.327 e. The van der Waals surface area contributed by atoms with Crippen molar-refractivity contribution < 1.29 is 9.59 Å². The molecule has 0 bridgehead atoms. The van der Waals surface area contributed by atoms with Gasteiger partial charge in [-0.2, -0.15) is 0 Å². The minimum absolute atomic E-state index is 0.140. The fraction of sp³-hybridized carbons (Fsp3) is 0.619. The topological polar surface area (TPSA) is 78.7 Å². The summed E-state index contributed by atoms with van der Waals surface area (Å²) < 4.78 is 0. The van der Waals surface area contributed by atoms with E-state index in [1.54, 1.807) is 12.1 Å². The molecule has 3 rings (SSSR count). The maximum absolute atomic E-state index is 13.5. The standard InChI is InChI=1S/C21H31ClN4O2/c1-14-5-4-10-25(14)20(28)26(19(27)18-21(2,3)8-9-24-18)13-16-11-17(22)7-6-15(16)12-23/h6-7,11,14,18,24H,4-5,8-10,12-13,23H2,1-3H3/t14-,18-/m1/s1. The van der Waals surface area contributed by atoms with E-state index in [4.69, 9.17) is 17.3 Å². The molecule has 0 spiro atoms. The van der Waals surface area contributed by atoms with Crippen LogP contribution in [0.15, 0.2) is 18.2 Å². The van der Waals surface area contributed by atoms with Gasteiger partial charge in [-0.3, -0.25) is 9.69 Å². The second-order valence-electron chi connectivity index (χ2n) is 8.63. The fourth-order valence-corrected chi connectivity index (χ4v) is 4.45. The molecule has 0 radical (unpaired) electrons. The van der Waals surface area contributed by atoms with Crippen LogP contribution in [0.4, 0.5) is 4.79 Å². The fourth-order valence-electron chi connectivity index (χ4n) is 4.26. The van der Waals surface area contributed by atoms with Crippen LogP contribution in [0.25, 0.3) is 0 Å². The van der Waals surface area contributed by atoms with Gasteiger partial charge >= 0.3 is 6.03 Å². The SMILES string of the molecule is C[C@@H]1CCCN1C(=O)N(Cc1cc(Cl)ccc1CN)C(=O)[C@H]1NCCC1(C)C. The smallest absolute Gasteiger partial charge is 0.326 e. The summed E-state index contributed by atoms with van der Waals surface area (Å²) in [5, 5.41) is 3.87. The number of hydrogen-bond donors (Lipinski definition) is 2. The highest BCUT2D eigenvalue weighted by Gasteiger charge is 2.44. The Labute approximate surface area is 172 Å². The quantitative estimate of drug-likeness (QED) is 0.805. The van der Waals surface area contributed by atoms with E-state index in [0.29, 0.717) is 18.1 Å². The predicted octanol–water partition coefficient (Wildman–Crippen LogP) is 3.12. The molecule has 2 saturated heterocycles. The second-order valence-corrected chi connectivity index (χ2v) is 9.07. The zero-order valence-corrected chi connectivity index (χ0v) is 17.8. The molecule has 28 heavy (non-hydrogen) atoms. The average Bonchev–Trinajstić information content (AvgIpc) is 3.23. The van der Waals surface area contributed by atoms with Crippen LogP contribution >= 0.6 is 11.6 Å². The van der Waals surface area contributed by atoms with E-state index in [1.807, 2.05) is 17.9 Å². The summed E-state index contributed by atoms with van der Waals surface area (Å²) in [6.45, 7) is 8.15. The zero-order valence-electron chi connectivity index (χ0n) is 17.0. The van der Waals surface area contributed by atoms with Crippen LogP contribution in [-0.2, 0) is 17.9 Å². The summed E-state index contributed by atoms with van der Waals surface area (Å²) in [4.78, 5) is 30.1. The molecule has 0 aromatic heterocycles. The molecule has 2 fully saturated rings. The first kappa shape index (κ1) is 21.1. The maximum atomic E-state index is 13.5. The van der Waals surface area contributed by atoms with Gasteiger partial charge in [-0.15, -0.1) is 0 Å². The van der Waals surface area contributed by atoms with E-state index in [1.165, 1.54) is 4.90 Å². The summed E-state index contributed by atoms with van der Waals surface area (Å²) in [6.07, 6.45) is 2.83. The van der Waals surface area contributed by atoms with Crippen LogP contribution in [-0.4, -0.2) is 46.9 Å². The molecular formula is C21H31ClN4O2. The van der Waals surface area contributed by atoms with Gasteiger partial charge in [0.2, 0.25) is 5.91 Å². The number of imide groups is 1. The minimum Gasteiger partial charge on any atom is -0.326 e. The highest BCUT2D eigenvalue weighted by atomic mass is 35.5. The number of amides is 3. The molecule has 0 saturated carbocycles. The Morgan fingerprint density at radius 1 is 1.36 bits per heavy atom. The first-order chi connectivity index (χ1) is 13.2. The summed E-state index contributed by atoms with van der Waals surface area (Å²) >= 11 is 6.19. The van der Waals surface area contributed by atoms with Crippen molar-refractivity contribution in [2.45, 2.75) is 65.2 Å². The molecule has 6 nitrogen and oxygen atoms in total. The molecule has 2 aliphatic heterocycles. The van der Waals surface area contributed by atoms with Crippen LogP contribution in [0.1, 0.15) is 51.2 Å². The Hall–Kier alpha value is -1.63. The molecular weight excluding hydrogens is 376 g/mol. The number of halogens is 1. The van der Waals surface area contributed by atoms with Crippen molar-refractivity contribution in [1.29, 1.82) is 0 Å². The van der Waals surface area contributed by atoms with E-state index in [9.17, 15) is 9.59 Å². The number of rotatable bonds is 4. The number of carbonyl (C=O) groups excluding carboxylic acids is 2. The van der Waals surface area contributed by atoms with Gasteiger partial charge in [0.25, 0.3) is 0 Å². The van der Waals surface area contributed by atoms with Gasteiger partial charge in [-0.1, -0.05) is 31.5 Å². The molecule has 2 heterocycles. The molecule has 2 aliphatic rings. The third-order valence-electron chi connectivity index (χ3n) is 6.16. The van der Waals surface area contributed by atoms with E-state index < -0.39 is 0 Å². The van der Waals surface area contributed by atoms with Crippen LogP contribution < -0.4 is 11.1 Å². The third-order valence-corrected chi connectivity index (χ3v) is 6.39. The predicted molar refractivity (Wildman–Crippen MR) is 111 cm³/mol. The van der Waals surface area contributed by atoms with Crippen molar-refractivity contribution in [3.63, 3.8) is 0 Å². The average molecular weight is 407 g/mol. The first-order valence-electron chi connectivity index (χ1n) is 10.1. The number of nitrogens with two attached hydrogens (primary N) is 1. The van der Waals surface area contributed by atoms with Gasteiger partial charge in [-0.05, 0) is 61.4 Å². The molecule has 7 heteroatoms. The Morgan fingerprint density at radius 2 is 2.11 bits per heavy atom. The van der Waals surface area contributed by atoms with Crippen molar-refractivity contribution >= 4 is 23.5 Å². The van der Waals surface area contributed by atoms with Gasteiger partial charge in [-0.25, -0.2) is 4.79 Å². The molecule has 1 aromatic carbocycles. The summed E-state index contributed by atoms with van der Waals surface area (Å²) in [5.41, 5.74) is 7.40. The molecule has 3 N–H and O–H groups in total. The van der Waals surface area contributed by atoms with Crippen molar-refractivity contribution in [3.8, 4) is 0 Å². The van der Waals surface area contributed by atoms with E-state index in [2.05, 4.69) is 19.2 Å². The number of nitrogens with one attached hydrogen (secondary N) is 1. The van der Waals surface area contributed by atoms with Crippen LogP contribution in [0.3, 0.4) is 0 Å². The largest absolute Gasteiger partial charge is 0.327 e. The summed E-state index contributed by atoms with van der Waals surface area (Å²) in [5.74, 6) is -0.172. The number of nitrogens with zero attached hydrogens (tertiary/aromatic N) is 2. The lowest BCUT2D eigenvalue weighted by molar-refractivity contribution is -0.133. The molecule has 0 unspecified atom stereocenters. The molecule has 154 valence electrons. The Bertz CT molecular complexity index is 752. The number of hydrogen-bond acceptors (Lipinski definition) is 4. The lowest BCUT2D eigenvalue weighted by Gasteiger charge is -2.34. The van der Waals surface area contributed by atoms with Crippen molar-refractivity contribution in [2.24, 2.45) is 11.1 Å². The van der Waals surface area contributed by atoms with E-state index in [0.717, 1.165) is 36.9 Å². The minimum atomic E-state index is -0.380. The van der Waals surface area contributed by atoms with Gasteiger partial charge in [0.1, 0.15) is 0 Å². The van der Waals surface area contributed by atoms with Gasteiger partial charge in [0.15, 0.2) is 0 Å². The monoisotopic (exact) mass is 406 g/mol. The molecule has 1 aromatic rings. The van der Waals surface area contributed by atoms with Crippen molar-refractivity contribution in [3.05, 3.63) is 34.3 Å². The summed E-state index contributed by atoms with van der Waals surface area (Å²) in [6, 6.07) is 4.99.